The van der Waals surface area contributed by atoms with Crippen LogP contribution in [-0.2, 0) is 9.53 Å². The zero-order chi connectivity index (χ0) is 23.3. The number of allylic oxidation sites excluding steroid dienone is 2. The monoisotopic (exact) mass is 451 g/mol. The minimum Gasteiger partial charge on any atom is -0.465 e. The number of carbonyl (C=O) groups is 1. The van der Waals surface area contributed by atoms with E-state index >= 15 is 0 Å². The Morgan fingerprint density at radius 1 is 0.882 bits per heavy atom. The molecule has 0 heterocycles. The van der Waals surface area contributed by atoms with Crippen molar-refractivity contribution in [1.82, 2.24) is 0 Å². The standard InChI is InChI=1S/C31H33NO2/c1-23-14-17-25(18-15-23)30(13-8-20-34-31(33)29-22-24-16-19-26(29)21-24)32(27-9-4-2-5-10-27)28-11-6-3-7-12-28/h2-7,9-12,14-19,24,26,29-30H,8,13,20-22H2,1H3. The molecule has 2 aliphatic carbocycles. The number of carbonyl (C=O) groups excluding carboxylic acids is 1. The molecule has 2 bridgehead atoms. The Kier molecular flexibility index (Phi) is 6.80. The zero-order valence-corrected chi connectivity index (χ0v) is 19.8. The summed E-state index contributed by atoms with van der Waals surface area (Å²) in [7, 11) is 0. The fourth-order valence-corrected chi connectivity index (χ4v) is 5.53. The van der Waals surface area contributed by atoms with Crippen molar-refractivity contribution in [2.75, 3.05) is 11.5 Å². The zero-order valence-electron chi connectivity index (χ0n) is 19.8. The van der Waals surface area contributed by atoms with Crippen LogP contribution in [0.5, 0.6) is 0 Å². The van der Waals surface area contributed by atoms with Gasteiger partial charge in [-0.25, -0.2) is 0 Å². The average molecular weight is 452 g/mol. The molecule has 3 heteroatoms. The first-order chi connectivity index (χ1) is 16.7. The van der Waals surface area contributed by atoms with Crippen LogP contribution in [0.25, 0.3) is 0 Å². The lowest BCUT2D eigenvalue weighted by molar-refractivity contribution is -0.149. The topological polar surface area (TPSA) is 29.5 Å². The van der Waals surface area contributed by atoms with E-state index in [2.05, 4.69) is 109 Å². The lowest BCUT2D eigenvalue weighted by Gasteiger charge is -2.34. The molecule has 4 atom stereocenters. The van der Waals surface area contributed by atoms with Gasteiger partial charge in [-0.1, -0.05) is 78.4 Å². The van der Waals surface area contributed by atoms with Gasteiger partial charge in [0.15, 0.2) is 0 Å². The van der Waals surface area contributed by atoms with Crippen molar-refractivity contribution in [2.24, 2.45) is 17.8 Å². The van der Waals surface area contributed by atoms with E-state index in [0.717, 1.165) is 37.1 Å². The first kappa shape index (κ1) is 22.5. The first-order valence-electron chi connectivity index (χ1n) is 12.5. The van der Waals surface area contributed by atoms with Crippen molar-refractivity contribution in [3.63, 3.8) is 0 Å². The summed E-state index contributed by atoms with van der Waals surface area (Å²) < 4.78 is 5.78. The van der Waals surface area contributed by atoms with E-state index in [-0.39, 0.29) is 17.9 Å². The highest BCUT2D eigenvalue weighted by molar-refractivity contribution is 5.74. The molecule has 0 amide bonds. The van der Waals surface area contributed by atoms with Crippen molar-refractivity contribution < 1.29 is 9.53 Å². The van der Waals surface area contributed by atoms with E-state index in [0.29, 0.717) is 18.4 Å². The Morgan fingerprint density at radius 3 is 2.09 bits per heavy atom. The van der Waals surface area contributed by atoms with Gasteiger partial charge in [-0.3, -0.25) is 4.79 Å². The maximum absolute atomic E-state index is 12.7. The van der Waals surface area contributed by atoms with E-state index in [4.69, 9.17) is 4.74 Å². The van der Waals surface area contributed by atoms with Crippen molar-refractivity contribution >= 4 is 17.3 Å². The van der Waals surface area contributed by atoms with Crippen LogP contribution in [0, 0.1) is 24.7 Å². The summed E-state index contributed by atoms with van der Waals surface area (Å²) in [4.78, 5) is 15.1. The quantitative estimate of drug-likeness (QED) is 0.193. The van der Waals surface area contributed by atoms with Gasteiger partial charge in [0.25, 0.3) is 0 Å². The number of hydrogen-bond donors (Lipinski definition) is 0. The number of anilines is 2. The molecule has 3 nitrogen and oxygen atoms in total. The molecule has 5 rings (SSSR count). The second-order valence-corrected chi connectivity index (χ2v) is 9.66. The molecule has 0 aromatic heterocycles. The van der Waals surface area contributed by atoms with Crippen LogP contribution >= 0.6 is 0 Å². The number of hydrogen-bond acceptors (Lipinski definition) is 3. The molecule has 3 aromatic rings. The summed E-state index contributed by atoms with van der Waals surface area (Å²) in [6, 6.07) is 30.1. The molecule has 1 saturated carbocycles. The highest BCUT2D eigenvalue weighted by Crippen LogP contribution is 2.44. The third kappa shape index (κ3) is 4.94. The fraction of sp³-hybridized carbons (Fsp3) is 0.323. The molecular weight excluding hydrogens is 418 g/mol. The van der Waals surface area contributed by atoms with Crippen LogP contribution in [0.3, 0.4) is 0 Å². The van der Waals surface area contributed by atoms with E-state index < -0.39 is 0 Å². The Balaban J connectivity index is 1.34. The van der Waals surface area contributed by atoms with Crippen LogP contribution in [0.2, 0.25) is 0 Å². The van der Waals surface area contributed by atoms with Crippen molar-refractivity contribution in [2.45, 2.75) is 38.6 Å². The maximum Gasteiger partial charge on any atom is 0.309 e. The minimum atomic E-state index is -0.00768. The Morgan fingerprint density at radius 2 is 1.53 bits per heavy atom. The van der Waals surface area contributed by atoms with Gasteiger partial charge in [0, 0.05) is 11.4 Å². The first-order valence-corrected chi connectivity index (χ1v) is 12.5. The third-order valence-electron chi connectivity index (χ3n) is 7.29. The fourth-order valence-electron chi connectivity index (χ4n) is 5.53. The number of nitrogens with zero attached hydrogens (tertiary/aromatic N) is 1. The predicted molar refractivity (Wildman–Crippen MR) is 138 cm³/mol. The molecule has 4 unspecified atom stereocenters. The molecule has 174 valence electrons. The SMILES string of the molecule is Cc1ccc(C(CCCOC(=O)C2CC3C=CC2C3)N(c2ccccc2)c2ccccc2)cc1. The number of fused-ring (bicyclic) bond motifs is 2. The molecule has 2 aliphatic rings. The summed E-state index contributed by atoms with van der Waals surface area (Å²) >= 11 is 0. The van der Waals surface area contributed by atoms with Crippen LogP contribution < -0.4 is 4.90 Å². The number of aryl methyl sites for hydroxylation is 1. The van der Waals surface area contributed by atoms with Gasteiger partial charge >= 0.3 is 5.97 Å². The molecule has 0 spiro atoms. The molecule has 1 fully saturated rings. The molecule has 3 aromatic carbocycles. The Labute approximate surface area is 203 Å². The average Bonchev–Trinajstić information content (AvgIpc) is 3.52. The smallest absolute Gasteiger partial charge is 0.309 e. The lowest BCUT2D eigenvalue weighted by atomic mass is 9.94. The number of benzene rings is 3. The van der Waals surface area contributed by atoms with Crippen LogP contribution in [-0.4, -0.2) is 12.6 Å². The molecule has 0 saturated heterocycles. The van der Waals surface area contributed by atoms with E-state index in [1.54, 1.807) is 0 Å². The third-order valence-corrected chi connectivity index (χ3v) is 7.29. The second-order valence-electron chi connectivity index (χ2n) is 9.66. The molecule has 34 heavy (non-hydrogen) atoms. The number of esters is 1. The second kappa shape index (κ2) is 10.3. The summed E-state index contributed by atoms with van der Waals surface area (Å²) in [5.74, 6) is 1.03. The van der Waals surface area contributed by atoms with E-state index in [9.17, 15) is 4.79 Å². The number of ether oxygens (including phenoxy) is 1. The highest BCUT2D eigenvalue weighted by Gasteiger charge is 2.40. The van der Waals surface area contributed by atoms with Gasteiger partial charge in [0.2, 0.25) is 0 Å². The number of rotatable bonds is 9. The predicted octanol–water partition coefficient (Wildman–Crippen LogP) is 7.41. The van der Waals surface area contributed by atoms with Gasteiger partial charge in [-0.2, -0.15) is 0 Å². The maximum atomic E-state index is 12.7. The Bertz CT molecular complexity index is 1070. The molecule has 0 radical (unpaired) electrons. The van der Waals surface area contributed by atoms with Crippen molar-refractivity contribution in [3.05, 3.63) is 108 Å². The normalized spacial score (nSPS) is 21.4. The van der Waals surface area contributed by atoms with Gasteiger partial charge < -0.3 is 9.64 Å². The van der Waals surface area contributed by atoms with Gasteiger partial charge in [0.1, 0.15) is 0 Å². The van der Waals surface area contributed by atoms with Gasteiger partial charge in [-0.05, 0) is 74.3 Å². The lowest BCUT2D eigenvalue weighted by Crippen LogP contribution is -2.25. The van der Waals surface area contributed by atoms with E-state index in [1.807, 2.05) is 0 Å². The van der Waals surface area contributed by atoms with Gasteiger partial charge in [0.05, 0.1) is 18.6 Å². The summed E-state index contributed by atoms with van der Waals surface area (Å²) in [5.41, 5.74) is 4.83. The summed E-state index contributed by atoms with van der Waals surface area (Å²) in [6.07, 6.45) is 8.27. The molecular formula is C31H33NO2. The molecule has 0 N–H and O–H groups in total. The summed E-state index contributed by atoms with van der Waals surface area (Å²) in [6.45, 7) is 2.59. The van der Waals surface area contributed by atoms with Crippen molar-refractivity contribution in [1.29, 1.82) is 0 Å². The Hall–Kier alpha value is -3.33. The van der Waals surface area contributed by atoms with Crippen LogP contribution in [0.1, 0.15) is 42.9 Å². The summed E-state index contributed by atoms with van der Waals surface area (Å²) in [5, 5.41) is 0. The van der Waals surface area contributed by atoms with E-state index in [1.165, 1.54) is 11.1 Å². The highest BCUT2D eigenvalue weighted by atomic mass is 16.5. The number of para-hydroxylation sites is 2. The van der Waals surface area contributed by atoms with Crippen LogP contribution in [0.15, 0.2) is 97.1 Å². The van der Waals surface area contributed by atoms with Gasteiger partial charge in [-0.15, -0.1) is 0 Å². The largest absolute Gasteiger partial charge is 0.465 e. The van der Waals surface area contributed by atoms with Crippen LogP contribution in [0.4, 0.5) is 11.4 Å². The molecule has 0 aliphatic heterocycles. The minimum absolute atomic E-state index is 0.00768. The van der Waals surface area contributed by atoms with Crippen molar-refractivity contribution in [3.8, 4) is 0 Å².